The van der Waals surface area contributed by atoms with Crippen LogP contribution in [0.25, 0.3) is 0 Å². The molecule has 0 aromatic heterocycles. The monoisotopic (exact) mass is 272 g/mol. The topological polar surface area (TPSA) is 50.8 Å². The molecule has 1 N–H and O–H groups in total. The number of likely N-dealkylation sites (N-methyl/N-ethyl adjacent to an activating group) is 1. The maximum atomic E-state index is 12.0. The molecule has 2 atom stereocenters. The second-order valence-corrected chi connectivity index (χ2v) is 5.54. The van der Waals surface area contributed by atoms with Crippen molar-refractivity contribution in [1.29, 1.82) is 0 Å². The highest BCUT2D eigenvalue weighted by Gasteiger charge is 2.46. The van der Waals surface area contributed by atoms with E-state index in [2.05, 4.69) is 24.1 Å². The summed E-state index contributed by atoms with van der Waals surface area (Å²) in [6.07, 6.45) is 2.65. The number of hydrogen-bond acceptors (Lipinski definition) is 5. The van der Waals surface area contributed by atoms with Crippen molar-refractivity contribution in [3.63, 3.8) is 0 Å². The summed E-state index contributed by atoms with van der Waals surface area (Å²) >= 11 is 0. The second-order valence-electron chi connectivity index (χ2n) is 5.54. The zero-order valence-electron chi connectivity index (χ0n) is 12.9. The molecule has 0 aromatic rings. The van der Waals surface area contributed by atoms with E-state index in [1.807, 2.05) is 7.05 Å². The molecule has 0 radical (unpaired) electrons. The standard InChI is InChI=1S/C14H28N2O3/c1-11(2)16(8-9-18-4)12-6-7-14(10-12,15-3)13(17)19-5/h11-12,15H,6-10H2,1-5H3. The Balaban J connectivity index is 2.73. The van der Waals surface area contributed by atoms with Crippen LogP contribution in [0.1, 0.15) is 33.1 Å². The summed E-state index contributed by atoms with van der Waals surface area (Å²) < 4.78 is 10.1. The van der Waals surface area contributed by atoms with Crippen molar-refractivity contribution in [1.82, 2.24) is 10.2 Å². The number of carbonyl (C=O) groups excluding carboxylic acids is 1. The number of ether oxygens (including phenoxy) is 2. The molecule has 1 rings (SSSR count). The second kappa shape index (κ2) is 7.22. The van der Waals surface area contributed by atoms with Gasteiger partial charge in [0, 0.05) is 25.7 Å². The molecule has 1 fully saturated rings. The van der Waals surface area contributed by atoms with Gasteiger partial charge in [0.25, 0.3) is 0 Å². The Labute approximate surface area is 116 Å². The number of carbonyl (C=O) groups is 1. The Hall–Kier alpha value is -0.650. The predicted octanol–water partition coefficient (Wildman–Crippen LogP) is 1.03. The average Bonchev–Trinajstić information content (AvgIpc) is 2.83. The van der Waals surface area contributed by atoms with E-state index in [9.17, 15) is 4.79 Å². The molecule has 5 nitrogen and oxygen atoms in total. The van der Waals surface area contributed by atoms with Crippen LogP contribution in [0.4, 0.5) is 0 Å². The molecule has 1 saturated carbocycles. The van der Waals surface area contributed by atoms with E-state index in [1.54, 1.807) is 7.11 Å². The van der Waals surface area contributed by atoms with Gasteiger partial charge in [-0.1, -0.05) is 0 Å². The van der Waals surface area contributed by atoms with Gasteiger partial charge in [0.1, 0.15) is 5.54 Å². The molecular weight excluding hydrogens is 244 g/mol. The summed E-state index contributed by atoms with van der Waals surface area (Å²) in [6, 6.07) is 0.854. The first-order valence-corrected chi connectivity index (χ1v) is 7.02. The summed E-state index contributed by atoms with van der Waals surface area (Å²) in [5, 5.41) is 3.18. The van der Waals surface area contributed by atoms with Crippen molar-refractivity contribution in [2.24, 2.45) is 0 Å². The fourth-order valence-electron chi connectivity index (χ4n) is 3.07. The Morgan fingerprint density at radius 3 is 2.63 bits per heavy atom. The Bertz CT molecular complexity index is 296. The van der Waals surface area contributed by atoms with Crippen LogP contribution in [0, 0.1) is 0 Å². The number of esters is 1. The van der Waals surface area contributed by atoms with Gasteiger partial charge >= 0.3 is 5.97 Å². The summed E-state index contributed by atoms with van der Waals surface area (Å²) in [4.78, 5) is 14.4. The lowest BCUT2D eigenvalue weighted by atomic mass is 9.97. The number of methoxy groups -OCH3 is 2. The molecule has 0 bridgehead atoms. The molecular formula is C14H28N2O3. The minimum absolute atomic E-state index is 0.145. The zero-order chi connectivity index (χ0) is 14.5. The summed E-state index contributed by atoms with van der Waals surface area (Å²) in [5.41, 5.74) is -0.514. The highest BCUT2D eigenvalue weighted by molar-refractivity contribution is 5.81. The van der Waals surface area contributed by atoms with Gasteiger partial charge < -0.3 is 14.8 Å². The van der Waals surface area contributed by atoms with Crippen LogP contribution in [0.3, 0.4) is 0 Å². The molecule has 5 heteroatoms. The predicted molar refractivity (Wildman–Crippen MR) is 75.2 cm³/mol. The molecule has 0 heterocycles. The van der Waals surface area contributed by atoms with E-state index in [0.717, 1.165) is 32.4 Å². The Morgan fingerprint density at radius 2 is 2.16 bits per heavy atom. The summed E-state index contributed by atoms with van der Waals surface area (Å²) in [6.45, 7) is 6.00. The van der Waals surface area contributed by atoms with Crippen LogP contribution < -0.4 is 5.32 Å². The number of hydrogen-bond donors (Lipinski definition) is 1. The van der Waals surface area contributed by atoms with Crippen molar-refractivity contribution in [3.8, 4) is 0 Å². The van der Waals surface area contributed by atoms with E-state index < -0.39 is 5.54 Å². The molecule has 2 unspecified atom stereocenters. The van der Waals surface area contributed by atoms with Crippen LogP contribution >= 0.6 is 0 Å². The van der Waals surface area contributed by atoms with Crippen LogP contribution in [0.15, 0.2) is 0 Å². The lowest BCUT2D eigenvalue weighted by molar-refractivity contribution is -0.148. The molecule has 1 aliphatic rings. The molecule has 1 aliphatic carbocycles. The molecule has 0 saturated heterocycles. The Kier molecular flexibility index (Phi) is 6.23. The van der Waals surface area contributed by atoms with Crippen molar-refractivity contribution >= 4 is 5.97 Å². The third-order valence-electron chi connectivity index (χ3n) is 4.23. The van der Waals surface area contributed by atoms with Crippen molar-refractivity contribution in [2.75, 3.05) is 34.4 Å². The fraction of sp³-hybridized carbons (Fsp3) is 0.929. The van der Waals surface area contributed by atoms with Crippen molar-refractivity contribution < 1.29 is 14.3 Å². The first kappa shape index (κ1) is 16.4. The molecule has 0 spiro atoms. The molecule has 0 amide bonds. The van der Waals surface area contributed by atoms with Gasteiger partial charge in [0.2, 0.25) is 0 Å². The van der Waals surface area contributed by atoms with E-state index in [0.29, 0.717) is 12.1 Å². The van der Waals surface area contributed by atoms with Crippen molar-refractivity contribution in [3.05, 3.63) is 0 Å². The third-order valence-corrected chi connectivity index (χ3v) is 4.23. The van der Waals surface area contributed by atoms with E-state index in [4.69, 9.17) is 9.47 Å². The lowest BCUT2D eigenvalue weighted by Crippen LogP contribution is -2.51. The first-order valence-electron chi connectivity index (χ1n) is 7.02. The van der Waals surface area contributed by atoms with Gasteiger partial charge in [-0.25, -0.2) is 0 Å². The molecule has 19 heavy (non-hydrogen) atoms. The van der Waals surface area contributed by atoms with Gasteiger partial charge in [-0.2, -0.15) is 0 Å². The lowest BCUT2D eigenvalue weighted by Gasteiger charge is -2.34. The average molecular weight is 272 g/mol. The maximum absolute atomic E-state index is 12.0. The SMILES string of the molecule is CNC1(C(=O)OC)CCC(N(CCOC)C(C)C)C1. The maximum Gasteiger partial charge on any atom is 0.326 e. The zero-order valence-corrected chi connectivity index (χ0v) is 12.9. The summed E-state index contributed by atoms with van der Waals surface area (Å²) in [5.74, 6) is -0.145. The minimum Gasteiger partial charge on any atom is -0.468 e. The third kappa shape index (κ3) is 3.68. The highest BCUT2D eigenvalue weighted by Crippen LogP contribution is 2.34. The van der Waals surface area contributed by atoms with E-state index >= 15 is 0 Å². The van der Waals surface area contributed by atoms with Gasteiger partial charge in [-0.3, -0.25) is 9.69 Å². The first-order chi connectivity index (χ1) is 9.00. The largest absolute Gasteiger partial charge is 0.468 e. The fourth-order valence-corrected chi connectivity index (χ4v) is 3.07. The molecule has 0 aromatic carbocycles. The molecule has 0 aliphatic heterocycles. The van der Waals surface area contributed by atoms with E-state index in [-0.39, 0.29) is 5.97 Å². The Morgan fingerprint density at radius 1 is 1.47 bits per heavy atom. The van der Waals surface area contributed by atoms with Crippen LogP contribution in [0.2, 0.25) is 0 Å². The number of rotatable bonds is 7. The van der Waals surface area contributed by atoms with Crippen LogP contribution in [-0.4, -0.2) is 62.9 Å². The smallest absolute Gasteiger partial charge is 0.326 e. The van der Waals surface area contributed by atoms with Gasteiger partial charge in [0.15, 0.2) is 0 Å². The minimum atomic E-state index is -0.514. The number of nitrogens with one attached hydrogen (secondary N) is 1. The van der Waals surface area contributed by atoms with E-state index in [1.165, 1.54) is 7.11 Å². The van der Waals surface area contributed by atoms with Crippen molar-refractivity contribution in [2.45, 2.75) is 50.7 Å². The van der Waals surface area contributed by atoms with Gasteiger partial charge in [0.05, 0.1) is 13.7 Å². The van der Waals surface area contributed by atoms with Gasteiger partial charge in [-0.15, -0.1) is 0 Å². The van der Waals surface area contributed by atoms with Crippen LogP contribution in [0.5, 0.6) is 0 Å². The normalized spacial score (nSPS) is 27.2. The molecule has 112 valence electrons. The van der Waals surface area contributed by atoms with Gasteiger partial charge in [-0.05, 0) is 40.2 Å². The summed E-state index contributed by atoms with van der Waals surface area (Å²) in [7, 11) is 5.02. The quantitative estimate of drug-likeness (QED) is 0.702. The highest BCUT2D eigenvalue weighted by atomic mass is 16.5. The van der Waals surface area contributed by atoms with Crippen LogP contribution in [-0.2, 0) is 14.3 Å². The number of nitrogens with zero attached hydrogens (tertiary/aromatic N) is 1.